The first-order chi connectivity index (χ1) is 23.9. The second kappa shape index (κ2) is 15.6. The highest BCUT2D eigenvalue weighted by Crippen LogP contribution is 2.39. The normalized spacial score (nSPS) is 23.6. The van der Waals surface area contributed by atoms with Crippen molar-refractivity contribution in [3.05, 3.63) is 125 Å². The van der Waals surface area contributed by atoms with Crippen LogP contribution in [0.4, 0.5) is 0 Å². The molecule has 0 saturated carbocycles. The summed E-state index contributed by atoms with van der Waals surface area (Å²) in [6.07, 6.45) is 5.18. The van der Waals surface area contributed by atoms with E-state index in [9.17, 15) is 13.5 Å². The maximum absolute atomic E-state index is 12.8. The SMILES string of the molecule is O=S(=O)(NCc1cccc(-c2cccc([C@H]3O[C@@H](CN4CCC[C@H]4CN4CCCC4)C[C@@H](c4ccc(CO)cc4)O3)c2)c1)c1ccccc1. The highest BCUT2D eigenvalue weighted by Gasteiger charge is 2.36. The molecule has 3 aliphatic rings. The topological polar surface area (TPSA) is 91.3 Å². The van der Waals surface area contributed by atoms with Crippen LogP contribution in [0, 0.1) is 0 Å². The van der Waals surface area contributed by atoms with Gasteiger partial charge in [0.25, 0.3) is 0 Å². The Labute approximate surface area is 290 Å². The number of rotatable bonds is 12. The molecule has 7 rings (SSSR count). The van der Waals surface area contributed by atoms with Crippen molar-refractivity contribution >= 4 is 10.0 Å². The van der Waals surface area contributed by atoms with E-state index in [1.807, 2.05) is 42.5 Å². The smallest absolute Gasteiger partial charge is 0.240 e. The van der Waals surface area contributed by atoms with E-state index >= 15 is 0 Å². The summed E-state index contributed by atoms with van der Waals surface area (Å²) in [5, 5.41) is 9.62. The first-order valence-electron chi connectivity index (χ1n) is 17.6. The van der Waals surface area contributed by atoms with Crippen molar-refractivity contribution in [3.8, 4) is 11.1 Å². The second-order valence-corrected chi connectivity index (χ2v) is 15.4. The number of nitrogens with one attached hydrogen (secondary N) is 1. The molecule has 0 bridgehead atoms. The minimum Gasteiger partial charge on any atom is -0.392 e. The first-order valence-corrected chi connectivity index (χ1v) is 19.1. The third kappa shape index (κ3) is 8.49. The van der Waals surface area contributed by atoms with Gasteiger partial charge in [-0.1, -0.05) is 78.9 Å². The van der Waals surface area contributed by atoms with Gasteiger partial charge >= 0.3 is 0 Å². The maximum atomic E-state index is 12.8. The van der Waals surface area contributed by atoms with Crippen LogP contribution in [0.2, 0.25) is 0 Å². The molecule has 3 heterocycles. The molecular weight excluding hydrogens is 635 g/mol. The zero-order valence-corrected chi connectivity index (χ0v) is 28.8. The largest absolute Gasteiger partial charge is 0.392 e. The van der Waals surface area contributed by atoms with Crippen molar-refractivity contribution < 1.29 is 23.0 Å². The van der Waals surface area contributed by atoms with Crippen molar-refractivity contribution in [2.75, 3.05) is 32.7 Å². The van der Waals surface area contributed by atoms with Crippen molar-refractivity contribution in [1.29, 1.82) is 0 Å². The Hall–Kier alpha value is -3.41. The quantitative estimate of drug-likeness (QED) is 0.178. The molecule has 0 unspecified atom stereocenters. The summed E-state index contributed by atoms with van der Waals surface area (Å²) in [7, 11) is -3.61. The van der Waals surface area contributed by atoms with Crippen molar-refractivity contribution in [1.82, 2.24) is 14.5 Å². The van der Waals surface area contributed by atoms with E-state index in [2.05, 4.69) is 44.9 Å². The number of hydrogen-bond acceptors (Lipinski definition) is 7. The Balaban J connectivity index is 1.09. The van der Waals surface area contributed by atoms with E-state index in [1.165, 1.54) is 38.8 Å². The minimum absolute atomic E-state index is 0.00469. The van der Waals surface area contributed by atoms with Gasteiger partial charge in [0, 0.05) is 37.7 Å². The van der Waals surface area contributed by atoms with Crippen LogP contribution in [0.1, 0.15) is 66.8 Å². The fourth-order valence-corrected chi connectivity index (χ4v) is 8.53. The Morgan fingerprint density at radius 2 is 1.49 bits per heavy atom. The number of nitrogens with zero attached hydrogens (tertiary/aromatic N) is 2. The molecule has 4 atom stereocenters. The van der Waals surface area contributed by atoms with Crippen LogP contribution >= 0.6 is 0 Å². The second-order valence-electron chi connectivity index (χ2n) is 13.6. The zero-order chi connectivity index (χ0) is 33.6. The highest BCUT2D eigenvalue weighted by atomic mass is 32.2. The van der Waals surface area contributed by atoms with Crippen LogP contribution in [0.25, 0.3) is 11.1 Å². The number of sulfonamides is 1. The molecule has 0 aliphatic carbocycles. The molecule has 8 nitrogen and oxygen atoms in total. The number of ether oxygens (including phenoxy) is 2. The highest BCUT2D eigenvalue weighted by molar-refractivity contribution is 7.89. The predicted molar refractivity (Wildman–Crippen MR) is 191 cm³/mol. The monoisotopic (exact) mass is 681 g/mol. The molecule has 3 aliphatic heterocycles. The van der Waals surface area contributed by atoms with E-state index < -0.39 is 16.3 Å². The Morgan fingerprint density at radius 3 is 2.27 bits per heavy atom. The molecule has 0 spiro atoms. The summed E-state index contributed by atoms with van der Waals surface area (Å²) in [5.41, 5.74) is 5.79. The molecule has 3 fully saturated rings. The van der Waals surface area contributed by atoms with Gasteiger partial charge in [0.2, 0.25) is 10.0 Å². The summed E-state index contributed by atoms with van der Waals surface area (Å²) in [6.45, 7) is 5.77. The lowest BCUT2D eigenvalue weighted by Gasteiger charge is -2.39. The average Bonchev–Trinajstić information content (AvgIpc) is 3.83. The van der Waals surface area contributed by atoms with Gasteiger partial charge in [-0.05, 0) is 97.4 Å². The summed E-state index contributed by atoms with van der Waals surface area (Å²) >= 11 is 0. The van der Waals surface area contributed by atoms with Crippen LogP contribution in [-0.4, -0.2) is 68.2 Å². The van der Waals surface area contributed by atoms with Crippen LogP contribution in [-0.2, 0) is 32.6 Å². The third-order valence-electron chi connectivity index (χ3n) is 10.2. The van der Waals surface area contributed by atoms with Crippen LogP contribution in [0.3, 0.4) is 0 Å². The molecule has 4 aromatic rings. The molecule has 3 saturated heterocycles. The minimum atomic E-state index is -3.61. The maximum Gasteiger partial charge on any atom is 0.240 e. The van der Waals surface area contributed by atoms with E-state index in [0.29, 0.717) is 6.04 Å². The van der Waals surface area contributed by atoms with Crippen molar-refractivity contribution in [3.63, 3.8) is 0 Å². The van der Waals surface area contributed by atoms with E-state index in [0.717, 1.165) is 59.4 Å². The molecule has 4 aromatic carbocycles. The zero-order valence-electron chi connectivity index (χ0n) is 28.0. The Kier molecular flexibility index (Phi) is 10.9. The third-order valence-corrected chi connectivity index (χ3v) is 11.6. The number of aliphatic hydroxyl groups is 1. The Bertz CT molecular complexity index is 1780. The molecule has 0 amide bonds. The van der Waals surface area contributed by atoms with Crippen LogP contribution < -0.4 is 4.72 Å². The van der Waals surface area contributed by atoms with Gasteiger partial charge in [0.05, 0.1) is 23.7 Å². The molecule has 9 heteroatoms. The first kappa shape index (κ1) is 34.1. The van der Waals surface area contributed by atoms with Crippen molar-refractivity contribution in [2.45, 2.75) is 74.7 Å². The van der Waals surface area contributed by atoms with Crippen molar-refractivity contribution in [2.24, 2.45) is 0 Å². The molecule has 49 heavy (non-hydrogen) atoms. The summed E-state index contributed by atoms with van der Waals surface area (Å²) in [6, 6.07) is 33.3. The lowest BCUT2D eigenvalue weighted by Crippen LogP contribution is -2.45. The number of aliphatic hydroxyl groups excluding tert-OH is 1. The number of benzene rings is 4. The van der Waals surface area contributed by atoms with Gasteiger partial charge < -0.3 is 19.5 Å². The standard InChI is InChI=1S/C40H47N3O5S/c44-29-30-16-18-32(19-17-30)39-25-37(28-43-22-8-13-36(43)27-42-20-4-5-21-42)47-40(48-39)35-12-7-11-34(24-35)33-10-6-9-31(23-33)26-41-49(45,46)38-14-2-1-3-15-38/h1-3,6-7,9-12,14-19,23-24,36-37,39-41,44H,4-5,8,13,20-22,25-29H2/t36-,37+,39-,40-/m0/s1. The van der Waals surface area contributed by atoms with Gasteiger partial charge in [0.15, 0.2) is 6.29 Å². The van der Waals surface area contributed by atoms with Crippen LogP contribution in [0.5, 0.6) is 0 Å². The van der Waals surface area contributed by atoms with E-state index in [1.54, 1.807) is 30.3 Å². The molecule has 2 N–H and O–H groups in total. The van der Waals surface area contributed by atoms with Gasteiger partial charge in [0.1, 0.15) is 0 Å². The fourth-order valence-electron chi connectivity index (χ4n) is 7.49. The van der Waals surface area contributed by atoms with Gasteiger partial charge in [-0.25, -0.2) is 13.1 Å². The molecule has 0 radical (unpaired) electrons. The average molecular weight is 682 g/mol. The summed E-state index contributed by atoms with van der Waals surface area (Å²) < 4.78 is 41.9. The lowest BCUT2D eigenvalue weighted by molar-refractivity contribution is -0.253. The van der Waals surface area contributed by atoms with E-state index in [4.69, 9.17) is 9.47 Å². The lowest BCUT2D eigenvalue weighted by atomic mass is 9.98. The number of hydrogen-bond donors (Lipinski definition) is 2. The molecule has 0 aromatic heterocycles. The van der Waals surface area contributed by atoms with Gasteiger partial charge in [-0.15, -0.1) is 0 Å². The molecule has 258 valence electrons. The van der Waals surface area contributed by atoms with E-state index in [-0.39, 0.29) is 30.3 Å². The molecular formula is C40H47N3O5S. The Morgan fingerprint density at radius 1 is 0.735 bits per heavy atom. The van der Waals surface area contributed by atoms with Gasteiger partial charge in [-0.3, -0.25) is 4.90 Å². The summed E-state index contributed by atoms with van der Waals surface area (Å²) in [4.78, 5) is 5.52. The van der Waals surface area contributed by atoms with Gasteiger partial charge in [-0.2, -0.15) is 0 Å². The summed E-state index contributed by atoms with van der Waals surface area (Å²) in [5.74, 6) is 0. The fraction of sp³-hybridized carbons (Fsp3) is 0.400. The predicted octanol–water partition coefficient (Wildman–Crippen LogP) is 6.43. The number of likely N-dealkylation sites (tertiary alicyclic amines) is 2. The van der Waals surface area contributed by atoms with Crippen LogP contribution in [0.15, 0.2) is 108 Å².